The standard InChI is InChI=1S/C15H22N4O/c1-2-4-12-11-15(19-14(17-12)6-8-16-19)18-9-3-5-13(20)7-10-18/h6,8,11,13,20H,2-5,7,9-10H2,1H3. The lowest BCUT2D eigenvalue weighted by atomic mass is 10.2. The van der Waals surface area contributed by atoms with Crippen molar-refractivity contribution >= 4 is 11.5 Å². The smallest absolute Gasteiger partial charge is 0.157 e. The first-order valence-electron chi connectivity index (χ1n) is 7.54. The van der Waals surface area contributed by atoms with Crippen LogP contribution >= 0.6 is 0 Å². The van der Waals surface area contributed by atoms with E-state index in [-0.39, 0.29) is 6.10 Å². The highest BCUT2D eigenvalue weighted by molar-refractivity contribution is 5.51. The van der Waals surface area contributed by atoms with Gasteiger partial charge in [-0.3, -0.25) is 0 Å². The minimum atomic E-state index is -0.162. The number of hydrogen-bond donors (Lipinski definition) is 1. The van der Waals surface area contributed by atoms with Gasteiger partial charge in [0, 0.05) is 30.9 Å². The van der Waals surface area contributed by atoms with Gasteiger partial charge in [-0.15, -0.1) is 0 Å². The molecule has 0 bridgehead atoms. The number of rotatable bonds is 3. The fourth-order valence-electron chi connectivity index (χ4n) is 2.86. The van der Waals surface area contributed by atoms with Gasteiger partial charge in [-0.05, 0) is 25.7 Å². The Morgan fingerprint density at radius 2 is 2.25 bits per heavy atom. The molecule has 0 aliphatic carbocycles. The molecule has 2 aromatic rings. The number of hydrogen-bond acceptors (Lipinski definition) is 4. The van der Waals surface area contributed by atoms with E-state index in [9.17, 15) is 5.11 Å². The number of aliphatic hydroxyl groups excluding tert-OH is 1. The first-order valence-corrected chi connectivity index (χ1v) is 7.54. The largest absolute Gasteiger partial charge is 0.393 e. The molecule has 0 radical (unpaired) electrons. The van der Waals surface area contributed by atoms with Crippen LogP contribution in [-0.2, 0) is 6.42 Å². The van der Waals surface area contributed by atoms with Crippen LogP contribution in [0.25, 0.3) is 5.65 Å². The monoisotopic (exact) mass is 274 g/mol. The van der Waals surface area contributed by atoms with E-state index in [1.807, 2.05) is 10.6 Å². The normalized spacial score (nSPS) is 20.3. The fourth-order valence-corrected chi connectivity index (χ4v) is 2.86. The first-order chi connectivity index (χ1) is 9.78. The van der Waals surface area contributed by atoms with E-state index in [0.29, 0.717) is 0 Å². The fraction of sp³-hybridized carbons (Fsp3) is 0.600. The third-order valence-corrected chi connectivity index (χ3v) is 3.92. The second kappa shape index (κ2) is 5.79. The summed E-state index contributed by atoms with van der Waals surface area (Å²) in [5, 5.41) is 14.2. The molecule has 108 valence electrons. The third-order valence-electron chi connectivity index (χ3n) is 3.92. The predicted octanol–water partition coefficient (Wildman–Crippen LogP) is 2.03. The summed E-state index contributed by atoms with van der Waals surface area (Å²) in [6.45, 7) is 4.03. The summed E-state index contributed by atoms with van der Waals surface area (Å²) in [5.41, 5.74) is 2.04. The van der Waals surface area contributed by atoms with Crippen LogP contribution in [0.2, 0.25) is 0 Å². The zero-order valence-electron chi connectivity index (χ0n) is 12.0. The summed E-state index contributed by atoms with van der Waals surface area (Å²) >= 11 is 0. The maximum atomic E-state index is 9.80. The maximum Gasteiger partial charge on any atom is 0.157 e. The summed E-state index contributed by atoms with van der Waals surface area (Å²) in [4.78, 5) is 6.97. The molecule has 1 saturated heterocycles. The summed E-state index contributed by atoms with van der Waals surface area (Å²) in [6, 6.07) is 4.11. The number of fused-ring (bicyclic) bond motifs is 1. The van der Waals surface area contributed by atoms with Crippen LogP contribution in [0.15, 0.2) is 18.3 Å². The van der Waals surface area contributed by atoms with Crippen molar-refractivity contribution in [3.8, 4) is 0 Å². The van der Waals surface area contributed by atoms with Crippen LogP contribution in [0.3, 0.4) is 0 Å². The van der Waals surface area contributed by atoms with Crippen LogP contribution < -0.4 is 4.90 Å². The van der Waals surface area contributed by atoms with Gasteiger partial charge in [0.15, 0.2) is 5.65 Å². The van der Waals surface area contributed by atoms with Gasteiger partial charge in [0.1, 0.15) is 5.82 Å². The number of aromatic nitrogens is 3. The summed E-state index contributed by atoms with van der Waals surface area (Å²) < 4.78 is 1.91. The van der Waals surface area contributed by atoms with E-state index in [1.54, 1.807) is 6.20 Å². The SMILES string of the molecule is CCCc1cc(N2CCCC(O)CC2)n2nccc2n1. The third kappa shape index (κ3) is 2.63. The van der Waals surface area contributed by atoms with E-state index >= 15 is 0 Å². The molecular formula is C15H22N4O. The quantitative estimate of drug-likeness (QED) is 0.930. The maximum absolute atomic E-state index is 9.80. The van der Waals surface area contributed by atoms with Gasteiger partial charge in [-0.2, -0.15) is 9.61 Å². The molecule has 1 aliphatic heterocycles. The Hall–Kier alpha value is -1.62. The van der Waals surface area contributed by atoms with E-state index in [4.69, 9.17) is 0 Å². The highest BCUT2D eigenvalue weighted by Crippen LogP contribution is 2.21. The van der Waals surface area contributed by atoms with Crippen LogP contribution in [0.1, 0.15) is 38.3 Å². The van der Waals surface area contributed by atoms with Crippen molar-refractivity contribution in [1.29, 1.82) is 0 Å². The van der Waals surface area contributed by atoms with Gasteiger partial charge in [0.25, 0.3) is 0 Å². The van der Waals surface area contributed by atoms with Crippen LogP contribution in [-0.4, -0.2) is 38.9 Å². The highest BCUT2D eigenvalue weighted by atomic mass is 16.3. The molecule has 1 fully saturated rings. The molecule has 0 aromatic carbocycles. The number of aryl methyl sites for hydroxylation is 1. The van der Waals surface area contributed by atoms with Crippen molar-refractivity contribution < 1.29 is 5.11 Å². The van der Waals surface area contributed by atoms with Crippen LogP contribution in [0.4, 0.5) is 5.82 Å². The molecule has 0 amide bonds. The summed E-state index contributed by atoms with van der Waals surface area (Å²) in [7, 11) is 0. The molecule has 3 rings (SSSR count). The van der Waals surface area contributed by atoms with Gasteiger partial charge in [0.05, 0.1) is 12.3 Å². The van der Waals surface area contributed by atoms with E-state index < -0.39 is 0 Å². The molecule has 3 heterocycles. The molecule has 1 unspecified atom stereocenters. The molecular weight excluding hydrogens is 252 g/mol. The first kappa shape index (κ1) is 13.4. The van der Waals surface area contributed by atoms with Crippen molar-refractivity contribution in [2.75, 3.05) is 18.0 Å². The van der Waals surface area contributed by atoms with Crippen molar-refractivity contribution in [1.82, 2.24) is 14.6 Å². The van der Waals surface area contributed by atoms with E-state index in [0.717, 1.165) is 62.4 Å². The van der Waals surface area contributed by atoms with Crippen LogP contribution in [0, 0.1) is 0 Å². The van der Waals surface area contributed by atoms with Crippen molar-refractivity contribution in [2.45, 2.75) is 45.1 Å². The molecule has 20 heavy (non-hydrogen) atoms. The Morgan fingerprint density at radius 1 is 1.35 bits per heavy atom. The topological polar surface area (TPSA) is 53.7 Å². The van der Waals surface area contributed by atoms with Gasteiger partial charge in [-0.1, -0.05) is 13.3 Å². The molecule has 1 atom stereocenters. The van der Waals surface area contributed by atoms with E-state index in [2.05, 4.69) is 28.0 Å². The molecule has 5 nitrogen and oxygen atoms in total. The zero-order chi connectivity index (χ0) is 13.9. The Morgan fingerprint density at radius 3 is 3.10 bits per heavy atom. The van der Waals surface area contributed by atoms with Gasteiger partial charge < -0.3 is 10.0 Å². The lowest BCUT2D eigenvalue weighted by Gasteiger charge is -2.23. The van der Waals surface area contributed by atoms with Crippen LogP contribution in [0.5, 0.6) is 0 Å². The number of nitrogens with zero attached hydrogens (tertiary/aromatic N) is 4. The van der Waals surface area contributed by atoms with Gasteiger partial charge in [-0.25, -0.2) is 4.98 Å². The molecule has 1 aliphatic rings. The molecule has 5 heteroatoms. The number of anilines is 1. The average molecular weight is 274 g/mol. The van der Waals surface area contributed by atoms with Crippen molar-refractivity contribution in [2.24, 2.45) is 0 Å². The minimum absolute atomic E-state index is 0.162. The minimum Gasteiger partial charge on any atom is -0.393 e. The predicted molar refractivity (Wildman–Crippen MR) is 79.1 cm³/mol. The van der Waals surface area contributed by atoms with Gasteiger partial charge in [0.2, 0.25) is 0 Å². The second-order valence-corrected chi connectivity index (χ2v) is 5.53. The lowest BCUT2D eigenvalue weighted by Crippen LogP contribution is -2.27. The lowest BCUT2D eigenvalue weighted by molar-refractivity contribution is 0.161. The zero-order valence-corrected chi connectivity index (χ0v) is 12.0. The Balaban J connectivity index is 1.97. The molecule has 2 aromatic heterocycles. The molecule has 1 N–H and O–H groups in total. The molecule has 0 spiro atoms. The summed E-state index contributed by atoms with van der Waals surface area (Å²) in [6.07, 6.45) is 6.47. The Kier molecular flexibility index (Phi) is 3.87. The Bertz CT molecular complexity index is 580. The second-order valence-electron chi connectivity index (χ2n) is 5.53. The van der Waals surface area contributed by atoms with Crippen molar-refractivity contribution in [3.63, 3.8) is 0 Å². The van der Waals surface area contributed by atoms with Crippen molar-refractivity contribution in [3.05, 3.63) is 24.0 Å². The Labute approximate surface area is 119 Å². The average Bonchev–Trinajstić information content (AvgIpc) is 2.80. The highest BCUT2D eigenvalue weighted by Gasteiger charge is 2.18. The van der Waals surface area contributed by atoms with E-state index in [1.165, 1.54) is 0 Å². The van der Waals surface area contributed by atoms with Gasteiger partial charge >= 0.3 is 0 Å². The number of aliphatic hydroxyl groups is 1. The summed E-state index contributed by atoms with van der Waals surface area (Å²) in [5.74, 6) is 1.11. The molecule has 0 saturated carbocycles.